The van der Waals surface area contributed by atoms with Gasteiger partial charge in [0.05, 0.1) is 34.4 Å². The van der Waals surface area contributed by atoms with Gasteiger partial charge in [-0.3, -0.25) is 9.59 Å². The Labute approximate surface area is 263 Å². The van der Waals surface area contributed by atoms with Gasteiger partial charge in [-0.1, -0.05) is 25.3 Å². The Morgan fingerprint density at radius 2 is 1.87 bits per heavy atom. The molecule has 3 aromatic rings. The van der Waals surface area contributed by atoms with Gasteiger partial charge in [0, 0.05) is 38.3 Å². The lowest BCUT2D eigenvalue weighted by Crippen LogP contribution is -2.46. The zero-order chi connectivity index (χ0) is 31.6. The van der Waals surface area contributed by atoms with E-state index >= 15 is 4.39 Å². The van der Waals surface area contributed by atoms with Gasteiger partial charge in [0.25, 0.3) is 5.91 Å². The molecule has 0 radical (unpaired) electrons. The lowest BCUT2D eigenvalue weighted by Gasteiger charge is -2.34. The minimum atomic E-state index is -0.494. The summed E-state index contributed by atoms with van der Waals surface area (Å²) in [7, 11) is 0. The van der Waals surface area contributed by atoms with E-state index in [1.54, 1.807) is 18.3 Å². The predicted octanol–water partition coefficient (Wildman–Crippen LogP) is 4.41. The fourth-order valence-electron chi connectivity index (χ4n) is 6.88. The smallest absolute Gasteiger partial charge is 0.291 e. The first kappa shape index (κ1) is 30.9. The molecule has 5 N–H and O–H groups in total. The number of H-pyrrole nitrogens is 1. The third-order valence-corrected chi connectivity index (χ3v) is 9.68. The zero-order valence-electron chi connectivity index (χ0n) is 26.2. The number of carbonyl (C=O) groups is 2. The average Bonchev–Trinajstić information content (AvgIpc) is 3.70. The van der Waals surface area contributed by atoms with Crippen LogP contribution in [-0.2, 0) is 4.79 Å². The number of anilines is 3. The third kappa shape index (κ3) is 6.80. The van der Waals surface area contributed by atoms with Gasteiger partial charge in [-0.15, -0.1) is 0 Å². The number of amides is 2. The Kier molecular flexibility index (Phi) is 9.02. The SMILES string of the molecule is Cc1nc(-c2cnc(C(=O)Nc3cccc(F)c3N3CCC(CN)CC3)[nH]2)cc(N2CC[C@@](C)(C(=O)NC3CCCCC3)C2)n1. The Hall–Kier alpha value is -4.06. The molecule has 45 heavy (non-hydrogen) atoms. The fourth-order valence-corrected chi connectivity index (χ4v) is 6.88. The highest BCUT2D eigenvalue weighted by molar-refractivity contribution is 6.04. The maximum Gasteiger partial charge on any atom is 0.291 e. The van der Waals surface area contributed by atoms with E-state index in [2.05, 4.69) is 35.5 Å². The molecule has 3 aliphatic rings. The van der Waals surface area contributed by atoms with Crippen molar-refractivity contribution in [1.29, 1.82) is 0 Å². The standard InChI is InChI=1S/C33H44FN9O2/c1-21-37-26(17-28(38-21)43-16-13-33(2,20-43)32(45)39-23-7-4-3-5-8-23)27-19-36-30(40-27)31(44)41-25-10-6-9-24(34)29(25)42-14-11-22(18-35)12-15-42/h6,9-10,17,19,22-23H,3-5,7-8,11-16,18,20,35H2,1-2H3,(H,36,40)(H,39,45)(H,41,44)/t33-/m1/s1. The van der Waals surface area contributed by atoms with Crippen LogP contribution in [0.1, 0.15) is 74.7 Å². The molecule has 0 spiro atoms. The number of nitrogens with one attached hydrogen (secondary N) is 3. The van der Waals surface area contributed by atoms with Crippen molar-refractivity contribution in [3.63, 3.8) is 0 Å². The number of carbonyl (C=O) groups excluding carboxylic acids is 2. The van der Waals surface area contributed by atoms with Gasteiger partial charge in [-0.25, -0.2) is 19.3 Å². The number of hydrogen-bond acceptors (Lipinski definition) is 8. The van der Waals surface area contributed by atoms with Crippen molar-refractivity contribution in [1.82, 2.24) is 25.3 Å². The molecule has 0 bridgehead atoms. The largest absolute Gasteiger partial charge is 0.367 e. The van der Waals surface area contributed by atoms with E-state index in [1.807, 2.05) is 24.8 Å². The Morgan fingerprint density at radius 1 is 1.09 bits per heavy atom. The van der Waals surface area contributed by atoms with Gasteiger partial charge >= 0.3 is 0 Å². The molecule has 6 rings (SSSR count). The number of rotatable bonds is 8. The lowest BCUT2D eigenvalue weighted by atomic mass is 9.87. The van der Waals surface area contributed by atoms with Gasteiger partial charge in [0.2, 0.25) is 5.91 Å². The van der Waals surface area contributed by atoms with Gasteiger partial charge in [-0.2, -0.15) is 0 Å². The minimum Gasteiger partial charge on any atom is -0.367 e. The van der Waals surface area contributed by atoms with Crippen molar-refractivity contribution in [2.75, 3.05) is 47.8 Å². The van der Waals surface area contributed by atoms with Crippen molar-refractivity contribution in [3.05, 3.63) is 47.9 Å². The van der Waals surface area contributed by atoms with Crippen LogP contribution in [0.3, 0.4) is 0 Å². The Balaban J connectivity index is 1.14. The molecule has 1 saturated carbocycles. The van der Waals surface area contributed by atoms with Crippen LogP contribution in [0.15, 0.2) is 30.5 Å². The van der Waals surface area contributed by atoms with E-state index in [0.29, 0.717) is 67.2 Å². The third-order valence-electron chi connectivity index (χ3n) is 9.68. The van der Waals surface area contributed by atoms with E-state index in [-0.39, 0.29) is 23.6 Å². The molecule has 2 amide bonds. The van der Waals surface area contributed by atoms with Crippen LogP contribution in [0.2, 0.25) is 0 Å². The first-order valence-corrected chi connectivity index (χ1v) is 16.2. The first-order valence-electron chi connectivity index (χ1n) is 16.2. The summed E-state index contributed by atoms with van der Waals surface area (Å²) < 4.78 is 15.0. The number of piperidine rings is 1. The second-order valence-electron chi connectivity index (χ2n) is 13.1. The van der Waals surface area contributed by atoms with Crippen molar-refractivity contribution < 1.29 is 14.0 Å². The fraction of sp³-hybridized carbons (Fsp3) is 0.545. The summed E-state index contributed by atoms with van der Waals surface area (Å²) in [5.74, 6) is 1.09. The van der Waals surface area contributed by atoms with Crippen LogP contribution in [0.5, 0.6) is 0 Å². The maximum absolute atomic E-state index is 15.0. The molecule has 12 heteroatoms. The molecule has 3 fully saturated rings. The second-order valence-corrected chi connectivity index (χ2v) is 13.1. The molecular weight excluding hydrogens is 573 g/mol. The molecule has 11 nitrogen and oxygen atoms in total. The summed E-state index contributed by atoms with van der Waals surface area (Å²) in [6, 6.07) is 6.84. The summed E-state index contributed by atoms with van der Waals surface area (Å²) >= 11 is 0. The number of aryl methyl sites for hydroxylation is 1. The van der Waals surface area contributed by atoms with E-state index in [4.69, 9.17) is 5.73 Å². The summed E-state index contributed by atoms with van der Waals surface area (Å²) in [4.78, 5) is 47.3. The Bertz CT molecular complexity index is 1530. The number of nitrogens with zero attached hydrogens (tertiary/aromatic N) is 5. The molecular formula is C33H44FN9O2. The van der Waals surface area contributed by atoms with Crippen LogP contribution in [-0.4, -0.2) is 70.5 Å². The number of para-hydroxylation sites is 1. The molecule has 1 aliphatic carbocycles. The normalized spacial score (nSPS) is 21.2. The van der Waals surface area contributed by atoms with Gasteiger partial charge in [-0.05, 0) is 70.5 Å². The summed E-state index contributed by atoms with van der Waals surface area (Å²) in [5.41, 5.74) is 7.28. The molecule has 240 valence electrons. The summed E-state index contributed by atoms with van der Waals surface area (Å²) in [6.45, 7) is 7.10. The summed E-state index contributed by atoms with van der Waals surface area (Å²) in [6.07, 6.45) is 9.78. The maximum atomic E-state index is 15.0. The molecule has 2 aliphatic heterocycles. The first-order chi connectivity index (χ1) is 21.7. The average molecular weight is 618 g/mol. The number of nitrogens with two attached hydrogens (primary N) is 1. The molecule has 0 unspecified atom stereocenters. The number of imidazole rings is 1. The molecule has 1 aromatic carbocycles. The monoisotopic (exact) mass is 617 g/mol. The lowest BCUT2D eigenvalue weighted by molar-refractivity contribution is -0.130. The number of halogens is 1. The second kappa shape index (κ2) is 13.1. The van der Waals surface area contributed by atoms with E-state index in [1.165, 1.54) is 25.3 Å². The number of aromatic amines is 1. The topological polar surface area (TPSA) is 145 Å². The van der Waals surface area contributed by atoms with Crippen LogP contribution in [0.4, 0.5) is 21.6 Å². The van der Waals surface area contributed by atoms with E-state index in [0.717, 1.165) is 37.9 Å². The van der Waals surface area contributed by atoms with Crippen LogP contribution < -0.4 is 26.2 Å². The zero-order valence-corrected chi connectivity index (χ0v) is 26.2. The molecule has 2 saturated heterocycles. The number of hydrogen-bond donors (Lipinski definition) is 4. The van der Waals surface area contributed by atoms with Crippen molar-refractivity contribution in [3.8, 4) is 11.4 Å². The van der Waals surface area contributed by atoms with Crippen molar-refractivity contribution >= 4 is 29.0 Å². The van der Waals surface area contributed by atoms with Crippen molar-refractivity contribution in [2.45, 2.75) is 71.3 Å². The van der Waals surface area contributed by atoms with Crippen LogP contribution >= 0.6 is 0 Å². The number of aromatic nitrogens is 4. The molecule has 4 heterocycles. The molecule has 2 aromatic heterocycles. The minimum absolute atomic E-state index is 0.0907. The van der Waals surface area contributed by atoms with Gasteiger partial charge < -0.3 is 31.2 Å². The highest BCUT2D eigenvalue weighted by Gasteiger charge is 2.41. The molecule has 1 atom stereocenters. The van der Waals surface area contributed by atoms with Crippen molar-refractivity contribution in [2.24, 2.45) is 17.1 Å². The predicted molar refractivity (Wildman–Crippen MR) is 173 cm³/mol. The Morgan fingerprint density at radius 3 is 2.62 bits per heavy atom. The van der Waals surface area contributed by atoms with Gasteiger partial charge in [0.1, 0.15) is 17.5 Å². The van der Waals surface area contributed by atoms with E-state index in [9.17, 15) is 9.59 Å². The summed E-state index contributed by atoms with van der Waals surface area (Å²) in [5, 5.41) is 6.16. The van der Waals surface area contributed by atoms with E-state index < -0.39 is 11.3 Å². The van der Waals surface area contributed by atoms with Crippen LogP contribution in [0, 0.1) is 24.1 Å². The highest BCUT2D eigenvalue weighted by atomic mass is 19.1. The van der Waals surface area contributed by atoms with Gasteiger partial charge in [0.15, 0.2) is 5.82 Å². The quantitative estimate of drug-likeness (QED) is 0.291. The highest BCUT2D eigenvalue weighted by Crippen LogP contribution is 2.35. The van der Waals surface area contributed by atoms with Crippen LogP contribution in [0.25, 0.3) is 11.4 Å². The number of benzene rings is 1.